The fraction of sp³-hybridized carbons (Fsp3) is 0.244. The third kappa shape index (κ3) is 11.1. The van der Waals surface area contributed by atoms with Gasteiger partial charge >= 0.3 is 0 Å². The van der Waals surface area contributed by atoms with Crippen LogP contribution < -0.4 is 10.6 Å². The van der Waals surface area contributed by atoms with E-state index in [-0.39, 0.29) is 23.8 Å². The second-order valence-electron chi connectivity index (χ2n) is 11.9. The molecular weight excluding hydrogens is 741 g/mol. The molecule has 260 valence electrons. The molecule has 0 unspecified atom stereocenters. The van der Waals surface area contributed by atoms with Gasteiger partial charge in [-0.3, -0.25) is 19.2 Å². The first kappa shape index (κ1) is 38.1. The average Bonchev–Trinajstić information content (AvgIpc) is 3.48. The summed E-state index contributed by atoms with van der Waals surface area (Å²) in [6.07, 6.45) is 5.64. The molecule has 1 aliphatic rings. The summed E-state index contributed by atoms with van der Waals surface area (Å²) in [6, 6.07) is 36.0. The van der Waals surface area contributed by atoms with Crippen LogP contribution in [0, 0.1) is 24.3 Å². The Morgan fingerprint density at radius 3 is 1.68 bits per heavy atom. The van der Waals surface area contributed by atoms with Gasteiger partial charge in [0.1, 0.15) is 11.5 Å². The number of amides is 3. The number of furan rings is 1. The number of hydroxylamine groups is 2. The number of carbonyl (C=O) groups excluding carboxylic acids is 3. The highest BCUT2D eigenvalue weighted by molar-refractivity contribution is 14.1. The van der Waals surface area contributed by atoms with E-state index < -0.39 is 0 Å². The largest absolute Gasteiger partial charge is 0.466 e. The Balaban J connectivity index is 0.000000169. The molecule has 0 saturated heterocycles. The normalized spacial score (nSPS) is 12.3. The molecule has 0 spiro atoms. The van der Waals surface area contributed by atoms with Crippen molar-refractivity contribution >= 4 is 51.7 Å². The Labute approximate surface area is 308 Å². The minimum Gasteiger partial charge on any atom is -0.466 e. The average molecular weight is 786 g/mol. The van der Waals surface area contributed by atoms with Gasteiger partial charge in [-0.25, -0.2) is 5.06 Å². The fourth-order valence-corrected chi connectivity index (χ4v) is 6.22. The summed E-state index contributed by atoms with van der Waals surface area (Å²) in [7, 11) is 1.56. The maximum atomic E-state index is 12.5. The monoisotopic (exact) mass is 785 g/mol. The van der Waals surface area contributed by atoms with Crippen molar-refractivity contribution in [2.24, 2.45) is 0 Å². The zero-order valence-electron chi connectivity index (χ0n) is 28.9. The molecule has 0 radical (unpaired) electrons. The Morgan fingerprint density at radius 2 is 1.18 bits per heavy atom. The second-order valence-corrected chi connectivity index (χ2v) is 13.0. The van der Waals surface area contributed by atoms with E-state index in [1.54, 1.807) is 13.2 Å². The summed E-state index contributed by atoms with van der Waals surface area (Å²) >= 11 is 2.16. The molecule has 9 heteroatoms. The third-order valence-electron chi connectivity index (χ3n) is 8.15. The van der Waals surface area contributed by atoms with Gasteiger partial charge in [0.05, 0.1) is 24.3 Å². The molecule has 1 heterocycles. The van der Waals surface area contributed by atoms with Crippen molar-refractivity contribution in [3.63, 3.8) is 0 Å². The standard InChI is InChI=1S/C14H21NO3.C14H13NO.C13H10INO/c1-10-9-13(11(2)18-10)14(16)15(17-3)12-7-5-4-6-8-12;1-11-7-5-6-10-13(11)14(16)15-12-8-3-2-4-9-12;14-12-9-5-4-8-11(12)13(16)15-10-6-2-1-3-7-10/h9,12H,4-8H2,1-3H3;2-10H,1H3,(H,15,16);1-9H,(H,15,16). The van der Waals surface area contributed by atoms with Crippen LogP contribution in [0.15, 0.2) is 120 Å². The van der Waals surface area contributed by atoms with Gasteiger partial charge in [0, 0.05) is 20.5 Å². The first-order valence-electron chi connectivity index (χ1n) is 16.7. The van der Waals surface area contributed by atoms with Crippen LogP contribution in [0.5, 0.6) is 0 Å². The second kappa shape index (κ2) is 19.4. The van der Waals surface area contributed by atoms with Crippen LogP contribution in [0.25, 0.3) is 0 Å². The highest BCUT2D eigenvalue weighted by Gasteiger charge is 2.28. The summed E-state index contributed by atoms with van der Waals surface area (Å²) in [5.74, 6) is 1.20. The van der Waals surface area contributed by atoms with E-state index in [0.717, 1.165) is 39.1 Å². The van der Waals surface area contributed by atoms with Crippen molar-refractivity contribution in [2.45, 2.75) is 58.9 Å². The minimum atomic E-state index is -0.0845. The van der Waals surface area contributed by atoms with Crippen LogP contribution in [0.1, 0.15) is 80.3 Å². The van der Waals surface area contributed by atoms with E-state index in [1.807, 2.05) is 130 Å². The highest BCUT2D eigenvalue weighted by atomic mass is 127. The van der Waals surface area contributed by atoms with Crippen LogP contribution in [0.3, 0.4) is 0 Å². The Morgan fingerprint density at radius 1 is 0.680 bits per heavy atom. The molecule has 3 amide bonds. The van der Waals surface area contributed by atoms with Crippen LogP contribution >= 0.6 is 22.6 Å². The van der Waals surface area contributed by atoms with E-state index in [9.17, 15) is 14.4 Å². The van der Waals surface area contributed by atoms with Gasteiger partial charge < -0.3 is 15.1 Å². The highest BCUT2D eigenvalue weighted by Crippen LogP contribution is 2.25. The Hall–Kier alpha value is -4.74. The smallest absolute Gasteiger partial charge is 0.281 e. The molecule has 50 heavy (non-hydrogen) atoms. The number of carbonyl (C=O) groups is 3. The lowest BCUT2D eigenvalue weighted by Gasteiger charge is -2.31. The number of nitrogens with zero attached hydrogens (tertiary/aromatic N) is 1. The SMILES string of the molecule is CON(C(=O)c1cc(C)oc1C)C1CCCCC1.Cc1ccccc1C(=O)Nc1ccccc1.O=C(Nc1ccccc1)c1ccccc1I. The van der Waals surface area contributed by atoms with Gasteiger partial charge in [-0.15, -0.1) is 0 Å². The van der Waals surface area contributed by atoms with Gasteiger partial charge in [0.15, 0.2) is 0 Å². The first-order valence-corrected chi connectivity index (χ1v) is 17.7. The molecule has 1 saturated carbocycles. The van der Waals surface area contributed by atoms with E-state index in [2.05, 4.69) is 33.2 Å². The van der Waals surface area contributed by atoms with Crippen molar-refractivity contribution in [3.05, 3.63) is 153 Å². The molecule has 0 aliphatic heterocycles. The van der Waals surface area contributed by atoms with Crippen molar-refractivity contribution in [1.29, 1.82) is 0 Å². The van der Waals surface area contributed by atoms with Crippen LogP contribution in [0.2, 0.25) is 0 Å². The van der Waals surface area contributed by atoms with E-state index in [0.29, 0.717) is 22.5 Å². The van der Waals surface area contributed by atoms with Gasteiger partial charge in [-0.2, -0.15) is 0 Å². The number of para-hydroxylation sites is 2. The number of aryl methyl sites for hydroxylation is 3. The predicted octanol–water partition coefficient (Wildman–Crippen LogP) is 10.0. The zero-order chi connectivity index (χ0) is 35.9. The Kier molecular flexibility index (Phi) is 14.8. The number of hydrogen-bond donors (Lipinski definition) is 2. The van der Waals surface area contributed by atoms with Gasteiger partial charge in [-0.05, 0) is 110 Å². The first-order chi connectivity index (χ1) is 24.2. The topological polar surface area (TPSA) is 101 Å². The minimum absolute atomic E-state index is 0.0655. The predicted molar refractivity (Wildman–Crippen MR) is 207 cm³/mol. The molecule has 0 bridgehead atoms. The maximum Gasteiger partial charge on any atom is 0.281 e. The Bertz CT molecular complexity index is 1740. The molecule has 1 aliphatic carbocycles. The molecule has 5 aromatic rings. The molecule has 1 aromatic heterocycles. The molecule has 8 nitrogen and oxygen atoms in total. The van der Waals surface area contributed by atoms with Crippen molar-refractivity contribution < 1.29 is 23.6 Å². The molecule has 2 N–H and O–H groups in total. The van der Waals surface area contributed by atoms with Crippen LogP contribution in [-0.4, -0.2) is 35.9 Å². The summed E-state index contributed by atoms with van der Waals surface area (Å²) < 4.78 is 6.37. The lowest BCUT2D eigenvalue weighted by molar-refractivity contribution is -0.129. The van der Waals surface area contributed by atoms with Gasteiger partial charge in [0.25, 0.3) is 17.7 Å². The third-order valence-corrected chi connectivity index (χ3v) is 9.09. The van der Waals surface area contributed by atoms with E-state index in [4.69, 9.17) is 9.25 Å². The number of anilines is 2. The number of hydrogen-bond acceptors (Lipinski definition) is 5. The zero-order valence-corrected chi connectivity index (χ0v) is 31.1. The number of nitrogens with one attached hydrogen (secondary N) is 2. The summed E-state index contributed by atoms with van der Waals surface area (Å²) in [6.45, 7) is 5.59. The number of benzene rings is 4. The quantitative estimate of drug-likeness (QED) is 0.126. The van der Waals surface area contributed by atoms with Crippen LogP contribution in [-0.2, 0) is 4.84 Å². The summed E-state index contributed by atoms with van der Waals surface area (Å²) in [4.78, 5) is 41.6. The lowest BCUT2D eigenvalue weighted by atomic mass is 9.95. The molecule has 6 rings (SSSR count). The molecule has 0 atom stereocenters. The van der Waals surface area contributed by atoms with E-state index in [1.165, 1.54) is 24.3 Å². The summed E-state index contributed by atoms with van der Waals surface area (Å²) in [5, 5.41) is 7.24. The summed E-state index contributed by atoms with van der Waals surface area (Å²) in [5.41, 5.74) is 4.64. The lowest BCUT2D eigenvalue weighted by Crippen LogP contribution is -2.40. The van der Waals surface area contributed by atoms with E-state index >= 15 is 0 Å². The molecule has 1 fully saturated rings. The van der Waals surface area contributed by atoms with Gasteiger partial charge in [-0.1, -0.05) is 86.0 Å². The maximum absolute atomic E-state index is 12.5. The van der Waals surface area contributed by atoms with Crippen molar-refractivity contribution in [1.82, 2.24) is 5.06 Å². The number of rotatable bonds is 7. The van der Waals surface area contributed by atoms with Gasteiger partial charge in [0.2, 0.25) is 0 Å². The molecular formula is C41H44IN3O5. The van der Waals surface area contributed by atoms with Crippen molar-refractivity contribution in [3.8, 4) is 0 Å². The molecule has 4 aromatic carbocycles. The van der Waals surface area contributed by atoms with Crippen molar-refractivity contribution in [2.75, 3.05) is 17.7 Å². The fourth-order valence-electron chi connectivity index (χ4n) is 5.59. The number of halogens is 1. The van der Waals surface area contributed by atoms with Crippen LogP contribution in [0.4, 0.5) is 11.4 Å².